The molecule has 1 atom stereocenters. The van der Waals surface area contributed by atoms with E-state index in [1.807, 2.05) is 24.4 Å². The molecule has 0 aliphatic carbocycles. The summed E-state index contributed by atoms with van der Waals surface area (Å²) in [7, 11) is 1.68. The number of benzene rings is 1. The number of likely N-dealkylation sites (N-methyl/N-ethyl adjacent to an activating group) is 1. The number of thiophene rings is 1. The fourth-order valence-electron chi connectivity index (χ4n) is 2.95. The Morgan fingerprint density at radius 2 is 2.04 bits per heavy atom. The van der Waals surface area contributed by atoms with Gasteiger partial charge in [0, 0.05) is 7.05 Å². The molecule has 2 heterocycles. The topological polar surface area (TPSA) is 75.3 Å². The maximum Gasteiger partial charge on any atom is 0.268 e. The molecule has 28 heavy (non-hydrogen) atoms. The summed E-state index contributed by atoms with van der Waals surface area (Å²) in [5, 5.41) is 1.83. The number of aromatic amines is 1. The van der Waals surface area contributed by atoms with Crippen molar-refractivity contribution in [2.75, 3.05) is 7.05 Å². The van der Waals surface area contributed by atoms with Gasteiger partial charge in [-0.2, -0.15) is 0 Å². The Bertz CT molecular complexity index is 1050. The number of H-pyrrole nitrogens is 1. The van der Waals surface area contributed by atoms with E-state index in [4.69, 9.17) is 4.74 Å². The summed E-state index contributed by atoms with van der Waals surface area (Å²) < 4.78 is 6.55. The van der Waals surface area contributed by atoms with Crippen LogP contribution >= 0.6 is 11.3 Å². The van der Waals surface area contributed by atoms with Gasteiger partial charge >= 0.3 is 0 Å². The molecule has 0 radical (unpaired) electrons. The monoisotopic (exact) mass is 399 g/mol. The highest BCUT2D eigenvalue weighted by Crippen LogP contribution is 2.25. The van der Waals surface area contributed by atoms with Crippen molar-refractivity contribution < 1.29 is 9.53 Å². The predicted molar refractivity (Wildman–Crippen MR) is 112 cm³/mol. The Hall–Kier alpha value is -2.67. The largest absolute Gasteiger partial charge is 0.481 e. The maximum atomic E-state index is 12.8. The van der Waals surface area contributed by atoms with Gasteiger partial charge in [0.1, 0.15) is 16.3 Å². The third kappa shape index (κ3) is 4.25. The second-order valence-electron chi connectivity index (χ2n) is 7.28. The molecule has 0 spiro atoms. The zero-order valence-electron chi connectivity index (χ0n) is 16.8. The molecule has 148 valence electrons. The molecule has 3 aromatic rings. The summed E-state index contributed by atoms with van der Waals surface area (Å²) in [6.07, 6.45) is -0.650. The average Bonchev–Trinajstić information content (AvgIpc) is 3.11. The van der Waals surface area contributed by atoms with Crippen molar-refractivity contribution in [3.05, 3.63) is 57.0 Å². The number of hydrogen-bond donors (Lipinski definition) is 1. The van der Waals surface area contributed by atoms with Crippen molar-refractivity contribution in [2.24, 2.45) is 0 Å². The highest BCUT2D eigenvalue weighted by atomic mass is 32.1. The molecule has 6 nitrogen and oxygen atoms in total. The fraction of sp³-hybridized carbons (Fsp3) is 0.381. The Labute approximate surface area is 168 Å². The van der Waals surface area contributed by atoms with E-state index in [1.54, 1.807) is 20.0 Å². The van der Waals surface area contributed by atoms with Gasteiger partial charge in [0.15, 0.2) is 6.10 Å². The smallest absolute Gasteiger partial charge is 0.268 e. The molecule has 0 bridgehead atoms. The number of carbonyl (C=O) groups is 1. The normalized spacial score (nSPS) is 12.4. The first-order valence-corrected chi connectivity index (χ1v) is 10.1. The standard InChI is InChI=1S/C21H25N3O3S/c1-12(2)15-7-6-13(3)17(10-15)27-14(4)21(26)24(5)11-18-22-16-8-9-28-19(16)20(25)23-18/h6-10,12,14H,11H2,1-5H3,(H,22,23,25). The summed E-state index contributed by atoms with van der Waals surface area (Å²) >= 11 is 1.35. The molecule has 1 aromatic carbocycles. The molecule has 0 saturated carbocycles. The molecule has 1 amide bonds. The number of ether oxygens (including phenoxy) is 1. The molecule has 0 saturated heterocycles. The van der Waals surface area contributed by atoms with Gasteiger partial charge in [-0.25, -0.2) is 4.98 Å². The molecular weight excluding hydrogens is 374 g/mol. The molecule has 0 aliphatic rings. The maximum absolute atomic E-state index is 12.8. The van der Waals surface area contributed by atoms with Crippen LogP contribution in [0.2, 0.25) is 0 Å². The van der Waals surface area contributed by atoms with E-state index in [9.17, 15) is 9.59 Å². The van der Waals surface area contributed by atoms with Crippen LogP contribution in [0.25, 0.3) is 10.2 Å². The first-order valence-electron chi connectivity index (χ1n) is 9.25. The van der Waals surface area contributed by atoms with Crippen LogP contribution in [0.1, 0.15) is 43.6 Å². The van der Waals surface area contributed by atoms with E-state index >= 15 is 0 Å². The SMILES string of the molecule is Cc1ccc(C(C)C)cc1OC(C)C(=O)N(C)Cc1nc2ccsc2c(=O)[nH]1. The van der Waals surface area contributed by atoms with E-state index in [0.717, 1.165) is 5.56 Å². The molecule has 1 unspecified atom stereocenters. The Balaban J connectivity index is 1.72. The van der Waals surface area contributed by atoms with Gasteiger partial charge in [-0.1, -0.05) is 26.0 Å². The highest BCUT2D eigenvalue weighted by molar-refractivity contribution is 7.17. The van der Waals surface area contributed by atoms with Crippen molar-refractivity contribution in [2.45, 2.75) is 46.3 Å². The quantitative estimate of drug-likeness (QED) is 0.683. The third-order valence-electron chi connectivity index (χ3n) is 4.66. The van der Waals surface area contributed by atoms with Gasteiger partial charge < -0.3 is 14.6 Å². The van der Waals surface area contributed by atoms with E-state index in [-0.39, 0.29) is 18.0 Å². The number of hydrogen-bond acceptors (Lipinski definition) is 5. The Kier molecular flexibility index (Phi) is 5.84. The van der Waals surface area contributed by atoms with Crippen LogP contribution in [-0.2, 0) is 11.3 Å². The van der Waals surface area contributed by atoms with Crippen molar-refractivity contribution in [1.29, 1.82) is 0 Å². The van der Waals surface area contributed by atoms with Gasteiger partial charge in [0.25, 0.3) is 11.5 Å². The van der Waals surface area contributed by atoms with Crippen molar-refractivity contribution in [3.63, 3.8) is 0 Å². The minimum Gasteiger partial charge on any atom is -0.481 e. The van der Waals surface area contributed by atoms with Crippen molar-refractivity contribution in [3.8, 4) is 5.75 Å². The first kappa shape index (κ1) is 20.1. The van der Waals surface area contributed by atoms with E-state index in [2.05, 4.69) is 29.9 Å². The molecule has 3 rings (SSSR count). The van der Waals surface area contributed by atoms with Gasteiger partial charge in [0.2, 0.25) is 0 Å². The summed E-state index contributed by atoms with van der Waals surface area (Å²) in [5.41, 5.74) is 2.62. The third-order valence-corrected chi connectivity index (χ3v) is 5.56. The molecule has 0 fully saturated rings. The van der Waals surface area contributed by atoms with Crippen LogP contribution in [0.5, 0.6) is 5.75 Å². The number of aryl methyl sites for hydroxylation is 1. The highest BCUT2D eigenvalue weighted by Gasteiger charge is 2.21. The van der Waals surface area contributed by atoms with Gasteiger partial charge in [0.05, 0.1) is 12.1 Å². The number of aromatic nitrogens is 2. The van der Waals surface area contributed by atoms with Crippen LogP contribution in [-0.4, -0.2) is 33.9 Å². The lowest BCUT2D eigenvalue weighted by molar-refractivity contribution is -0.137. The van der Waals surface area contributed by atoms with Crippen molar-refractivity contribution >= 4 is 27.5 Å². The minimum absolute atomic E-state index is 0.178. The summed E-state index contributed by atoms with van der Waals surface area (Å²) in [6, 6.07) is 7.88. The van der Waals surface area contributed by atoms with Crippen LogP contribution in [0.15, 0.2) is 34.4 Å². The molecule has 1 N–H and O–H groups in total. The number of nitrogens with zero attached hydrogens (tertiary/aromatic N) is 2. The molecule has 0 aliphatic heterocycles. The first-order chi connectivity index (χ1) is 13.3. The zero-order valence-corrected chi connectivity index (χ0v) is 17.6. The predicted octanol–water partition coefficient (Wildman–Crippen LogP) is 3.84. The Morgan fingerprint density at radius 3 is 2.75 bits per heavy atom. The number of nitrogens with one attached hydrogen (secondary N) is 1. The molecule has 2 aromatic heterocycles. The number of carbonyl (C=O) groups excluding carboxylic acids is 1. The lowest BCUT2D eigenvalue weighted by atomic mass is 10.0. The van der Waals surface area contributed by atoms with E-state index < -0.39 is 6.10 Å². The number of amides is 1. The molecular formula is C21H25N3O3S. The van der Waals surface area contributed by atoms with Crippen LogP contribution in [0, 0.1) is 6.92 Å². The summed E-state index contributed by atoms with van der Waals surface area (Å²) in [6.45, 7) is 8.14. The van der Waals surface area contributed by atoms with Crippen LogP contribution in [0.4, 0.5) is 0 Å². The fourth-order valence-corrected chi connectivity index (χ4v) is 3.68. The number of fused-ring (bicyclic) bond motifs is 1. The second kappa shape index (κ2) is 8.14. The van der Waals surface area contributed by atoms with Crippen molar-refractivity contribution in [1.82, 2.24) is 14.9 Å². The average molecular weight is 400 g/mol. The molecule has 7 heteroatoms. The van der Waals surface area contributed by atoms with E-state index in [0.29, 0.717) is 27.7 Å². The van der Waals surface area contributed by atoms with Crippen LogP contribution in [0.3, 0.4) is 0 Å². The van der Waals surface area contributed by atoms with E-state index in [1.165, 1.54) is 21.8 Å². The second-order valence-corrected chi connectivity index (χ2v) is 8.20. The zero-order chi connectivity index (χ0) is 20.4. The Morgan fingerprint density at radius 1 is 1.29 bits per heavy atom. The van der Waals surface area contributed by atoms with Gasteiger partial charge in [-0.15, -0.1) is 11.3 Å². The number of rotatable bonds is 6. The van der Waals surface area contributed by atoms with Gasteiger partial charge in [-0.05, 0) is 48.4 Å². The van der Waals surface area contributed by atoms with Crippen LogP contribution < -0.4 is 10.3 Å². The summed E-state index contributed by atoms with van der Waals surface area (Å²) in [5.74, 6) is 1.37. The van der Waals surface area contributed by atoms with Gasteiger partial charge in [-0.3, -0.25) is 9.59 Å². The summed E-state index contributed by atoms with van der Waals surface area (Å²) in [4.78, 5) is 33.6. The lowest BCUT2D eigenvalue weighted by Gasteiger charge is -2.23. The lowest BCUT2D eigenvalue weighted by Crippen LogP contribution is -2.38. The minimum atomic E-state index is -0.650.